The van der Waals surface area contributed by atoms with Gasteiger partial charge in [0.2, 0.25) is 0 Å². The van der Waals surface area contributed by atoms with Crippen LogP contribution in [0.5, 0.6) is 0 Å². The van der Waals surface area contributed by atoms with E-state index in [9.17, 15) is 15.0 Å². The Kier molecular flexibility index (Phi) is 9.14. The quantitative estimate of drug-likeness (QED) is 0.291. The van der Waals surface area contributed by atoms with E-state index in [0.717, 1.165) is 24.9 Å². The van der Waals surface area contributed by atoms with E-state index in [1.54, 1.807) is 6.07 Å². The number of carbonyl (C=O) groups is 1. The summed E-state index contributed by atoms with van der Waals surface area (Å²) in [7, 11) is 0. The molecule has 0 amide bonds. The van der Waals surface area contributed by atoms with Crippen LogP contribution in [0.4, 0.5) is 5.69 Å². The second kappa shape index (κ2) is 12.3. The van der Waals surface area contributed by atoms with Crippen LogP contribution in [0.3, 0.4) is 0 Å². The monoisotopic (exact) mass is 498 g/mol. The standard InChI is InChI=1S/C27H27N3O3.Ni/c31-25(32)18-28-26(21-12-5-2-6-13-21)22-14-7-8-15-23(22)29-27(33)24-16-9-17-30(24)19-20-10-3-1-4-11-20;/h1-8,10-15,24H,9,16-19H2,(H,29,33)(H,31,32);/p-1. The molecule has 1 saturated heterocycles. The average Bonchev–Trinajstić information content (AvgIpc) is 3.29. The molecule has 0 saturated carbocycles. The number of rotatable bonds is 8. The summed E-state index contributed by atoms with van der Waals surface area (Å²) in [5.74, 6) is -1.20. The molecule has 0 aromatic heterocycles. The number of aliphatic carboxylic acids is 1. The summed E-state index contributed by atoms with van der Waals surface area (Å²) >= 11 is 0. The molecule has 3 aromatic rings. The van der Waals surface area contributed by atoms with Gasteiger partial charge in [-0.3, -0.25) is 19.7 Å². The van der Waals surface area contributed by atoms with E-state index >= 15 is 0 Å². The van der Waals surface area contributed by atoms with E-state index in [-0.39, 0.29) is 35.0 Å². The zero-order valence-electron chi connectivity index (χ0n) is 18.6. The summed E-state index contributed by atoms with van der Waals surface area (Å²) in [4.78, 5) is 22.2. The van der Waals surface area contributed by atoms with Gasteiger partial charge in [0.25, 0.3) is 0 Å². The maximum atomic E-state index is 13.3. The van der Waals surface area contributed by atoms with Gasteiger partial charge in [-0.05, 0) is 36.9 Å². The van der Waals surface area contributed by atoms with Gasteiger partial charge in [-0.25, -0.2) is 0 Å². The van der Waals surface area contributed by atoms with Crippen molar-refractivity contribution in [3.63, 3.8) is 0 Å². The summed E-state index contributed by atoms with van der Waals surface area (Å²) in [6.07, 6.45) is 1.73. The largest absolute Gasteiger partial charge is 0.861 e. The SMILES string of the molecule is O=C(O)CN=C(c1ccccc1)c1ccccc1N=C([O-])C1CCCN1Cc1ccccc1.[Ni]. The molecule has 3 aromatic carbocycles. The van der Waals surface area contributed by atoms with Gasteiger partial charge in [-0.15, -0.1) is 0 Å². The third-order valence-electron chi connectivity index (χ3n) is 5.69. The van der Waals surface area contributed by atoms with Gasteiger partial charge in [0.1, 0.15) is 6.54 Å². The van der Waals surface area contributed by atoms with Crippen LogP contribution in [0.15, 0.2) is 94.9 Å². The summed E-state index contributed by atoms with van der Waals surface area (Å²) in [6, 6.07) is 26.5. The van der Waals surface area contributed by atoms with Crippen molar-refractivity contribution >= 4 is 23.3 Å². The molecule has 6 nitrogen and oxygen atoms in total. The maximum Gasteiger partial charge on any atom is 0.325 e. The molecule has 0 radical (unpaired) electrons. The molecule has 178 valence electrons. The fourth-order valence-electron chi connectivity index (χ4n) is 4.15. The molecule has 0 aliphatic carbocycles. The Morgan fingerprint density at radius 2 is 1.62 bits per heavy atom. The Morgan fingerprint density at radius 3 is 2.32 bits per heavy atom. The van der Waals surface area contributed by atoms with Gasteiger partial charge in [-0.1, -0.05) is 78.9 Å². The second-order valence-electron chi connectivity index (χ2n) is 8.01. The molecule has 1 atom stereocenters. The fourth-order valence-corrected chi connectivity index (χ4v) is 4.15. The van der Waals surface area contributed by atoms with Gasteiger partial charge in [0.05, 0.1) is 11.4 Å². The number of hydrogen-bond donors (Lipinski definition) is 1. The molecule has 4 rings (SSSR count). The molecule has 1 fully saturated rings. The number of para-hydroxylation sites is 1. The third kappa shape index (κ3) is 6.40. The molecule has 1 unspecified atom stereocenters. The molecule has 0 spiro atoms. The van der Waals surface area contributed by atoms with E-state index in [1.165, 1.54) is 5.56 Å². The maximum absolute atomic E-state index is 13.3. The third-order valence-corrected chi connectivity index (χ3v) is 5.69. The van der Waals surface area contributed by atoms with E-state index in [0.29, 0.717) is 23.5 Å². The van der Waals surface area contributed by atoms with Crippen LogP contribution in [0.2, 0.25) is 0 Å². The first-order valence-corrected chi connectivity index (χ1v) is 11.1. The van der Waals surface area contributed by atoms with E-state index < -0.39 is 5.97 Å². The fraction of sp³-hybridized carbons (Fsp3) is 0.222. The minimum Gasteiger partial charge on any atom is -0.861 e. The summed E-state index contributed by atoms with van der Waals surface area (Å²) in [5, 5.41) is 22.4. The van der Waals surface area contributed by atoms with Crippen molar-refractivity contribution in [3.05, 3.63) is 102 Å². The first-order chi connectivity index (χ1) is 16.1. The smallest absolute Gasteiger partial charge is 0.325 e. The molecule has 1 aliphatic rings. The number of carboxylic acid groups (broad SMARTS) is 1. The number of carboxylic acids is 1. The van der Waals surface area contributed by atoms with Crippen molar-refractivity contribution in [2.75, 3.05) is 13.1 Å². The average molecular weight is 499 g/mol. The minimum absolute atomic E-state index is 0. The number of likely N-dealkylation sites (tertiary alicyclic amines) is 1. The first kappa shape index (κ1) is 25.3. The van der Waals surface area contributed by atoms with Crippen molar-refractivity contribution in [3.8, 4) is 0 Å². The van der Waals surface area contributed by atoms with Gasteiger partial charge in [-0.2, -0.15) is 0 Å². The van der Waals surface area contributed by atoms with Gasteiger partial charge < -0.3 is 10.2 Å². The Morgan fingerprint density at radius 1 is 0.971 bits per heavy atom. The van der Waals surface area contributed by atoms with Crippen LogP contribution >= 0.6 is 0 Å². The van der Waals surface area contributed by atoms with Crippen LogP contribution in [-0.2, 0) is 27.8 Å². The number of hydrogen-bond acceptors (Lipinski definition) is 5. The Bertz CT molecular complexity index is 1150. The molecule has 1 heterocycles. The molecule has 7 heteroatoms. The normalized spacial score (nSPS) is 16.8. The molecule has 1 aliphatic heterocycles. The predicted octanol–water partition coefficient (Wildman–Crippen LogP) is 3.66. The van der Waals surface area contributed by atoms with Crippen molar-refractivity contribution in [2.24, 2.45) is 9.98 Å². The molecule has 34 heavy (non-hydrogen) atoms. The van der Waals surface area contributed by atoms with Crippen molar-refractivity contribution in [2.45, 2.75) is 25.4 Å². The van der Waals surface area contributed by atoms with Crippen LogP contribution in [0, 0.1) is 0 Å². The van der Waals surface area contributed by atoms with Gasteiger partial charge in [0, 0.05) is 40.2 Å². The summed E-state index contributed by atoms with van der Waals surface area (Å²) in [5.41, 5.74) is 3.61. The van der Waals surface area contributed by atoms with Crippen molar-refractivity contribution in [1.29, 1.82) is 0 Å². The van der Waals surface area contributed by atoms with Crippen LogP contribution < -0.4 is 5.11 Å². The van der Waals surface area contributed by atoms with Crippen LogP contribution in [-0.4, -0.2) is 46.7 Å². The minimum atomic E-state index is -1.02. The van der Waals surface area contributed by atoms with E-state index in [2.05, 4.69) is 27.0 Å². The van der Waals surface area contributed by atoms with Crippen molar-refractivity contribution in [1.82, 2.24) is 4.90 Å². The topological polar surface area (TPSA) is 88.3 Å². The van der Waals surface area contributed by atoms with Crippen LogP contribution in [0.25, 0.3) is 0 Å². The molecular formula is C27H26N3NiO3-. The molecule has 1 N–H and O–H groups in total. The Hall–Kier alpha value is -3.28. The molecule has 0 bridgehead atoms. The van der Waals surface area contributed by atoms with E-state index in [4.69, 9.17) is 0 Å². The summed E-state index contributed by atoms with van der Waals surface area (Å²) in [6.45, 7) is 1.21. The zero-order chi connectivity index (χ0) is 23.0. The van der Waals surface area contributed by atoms with Gasteiger partial charge in [0.15, 0.2) is 0 Å². The number of aliphatic imine (C=N–C) groups is 2. The second-order valence-corrected chi connectivity index (χ2v) is 8.01. The Balaban J connectivity index is 0.00000324. The molecular weight excluding hydrogens is 473 g/mol. The number of nitrogens with zero attached hydrogens (tertiary/aromatic N) is 3. The van der Waals surface area contributed by atoms with Crippen LogP contribution in [0.1, 0.15) is 29.5 Å². The van der Waals surface area contributed by atoms with E-state index in [1.807, 2.05) is 66.7 Å². The summed E-state index contributed by atoms with van der Waals surface area (Å²) < 4.78 is 0. The number of benzene rings is 3. The zero-order valence-corrected chi connectivity index (χ0v) is 19.6. The Labute approximate surface area is 209 Å². The first-order valence-electron chi connectivity index (χ1n) is 11.1. The van der Waals surface area contributed by atoms with Gasteiger partial charge >= 0.3 is 5.97 Å². The van der Waals surface area contributed by atoms with Crippen molar-refractivity contribution < 1.29 is 31.5 Å². The predicted molar refractivity (Wildman–Crippen MR) is 128 cm³/mol.